The van der Waals surface area contributed by atoms with E-state index in [0.29, 0.717) is 29.1 Å². The molecule has 0 aliphatic rings. The van der Waals surface area contributed by atoms with Gasteiger partial charge in [0.2, 0.25) is 5.91 Å². The fourth-order valence-electron chi connectivity index (χ4n) is 2.65. The highest BCUT2D eigenvalue weighted by molar-refractivity contribution is 7.99. The van der Waals surface area contributed by atoms with Gasteiger partial charge in [-0.3, -0.25) is 9.36 Å². The number of carbonyl (C=O) groups is 1. The lowest BCUT2D eigenvalue weighted by Crippen LogP contribution is -2.24. The maximum Gasteiger partial charge on any atom is 0.230 e. The number of hydrogen-bond acceptors (Lipinski definition) is 5. The van der Waals surface area contributed by atoms with E-state index in [9.17, 15) is 4.79 Å². The number of nitrogens with zero attached hydrogens (tertiary/aromatic N) is 3. The lowest BCUT2D eigenvalue weighted by Gasteiger charge is -2.09. The summed E-state index contributed by atoms with van der Waals surface area (Å²) in [6, 6.07) is 15.0. The van der Waals surface area contributed by atoms with Gasteiger partial charge in [-0.1, -0.05) is 53.7 Å². The monoisotopic (exact) mass is 428 g/mol. The Labute approximate surface area is 178 Å². The van der Waals surface area contributed by atoms with Crippen LogP contribution in [-0.2, 0) is 17.9 Å². The third-order valence-corrected chi connectivity index (χ3v) is 5.31. The molecule has 0 aliphatic carbocycles. The van der Waals surface area contributed by atoms with E-state index in [4.69, 9.17) is 16.3 Å². The van der Waals surface area contributed by atoms with Crippen molar-refractivity contribution in [1.82, 2.24) is 20.1 Å². The number of benzene rings is 2. The Kier molecular flexibility index (Phi) is 7.32. The minimum Gasteiger partial charge on any atom is -0.497 e. The molecular weight excluding hydrogens is 408 g/mol. The summed E-state index contributed by atoms with van der Waals surface area (Å²) in [5.41, 5.74) is 1.88. The SMILES string of the molecule is C=CCn1c(SCC(=O)NCc2ccc(Cl)cc2)nnc1-c1cccc(OC)c1. The second-order valence-corrected chi connectivity index (χ2v) is 7.51. The number of methoxy groups -OCH3 is 1. The molecule has 0 unspecified atom stereocenters. The Morgan fingerprint density at radius 1 is 1.28 bits per heavy atom. The fraction of sp³-hybridized carbons (Fsp3) is 0.190. The number of amides is 1. The maximum atomic E-state index is 12.2. The predicted molar refractivity (Wildman–Crippen MR) is 116 cm³/mol. The Morgan fingerprint density at radius 3 is 2.79 bits per heavy atom. The van der Waals surface area contributed by atoms with Crippen molar-refractivity contribution in [2.45, 2.75) is 18.2 Å². The molecule has 0 bridgehead atoms. The lowest BCUT2D eigenvalue weighted by molar-refractivity contribution is -0.118. The number of rotatable bonds is 9. The van der Waals surface area contributed by atoms with Crippen LogP contribution in [0, 0.1) is 0 Å². The van der Waals surface area contributed by atoms with Crippen LogP contribution in [0.15, 0.2) is 66.3 Å². The average Bonchev–Trinajstić information content (AvgIpc) is 3.14. The van der Waals surface area contributed by atoms with Gasteiger partial charge >= 0.3 is 0 Å². The molecule has 0 spiro atoms. The first-order valence-corrected chi connectivity index (χ1v) is 10.3. The molecule has 0 fully saturated rings. The quantitative estimate of drug-likeness (QED) is 0.408. The Balaban J connectivity index is 1.65. The van der Waals surface area contributed by atoms with Gasteiger partial charge in [0, 0.05) is 23.7 Å². The summed E-state index contributed by atoms with van der Waals surface area (Å²) in [5.74, 6) is 1.60. The second-order valence-electron chi connectivity index (χ2n) is 6.13. The zero-order chi connectivity index (χ0) is 20.6. The summed E-state index contributed by atoms with van der Waals surface area (Å²) in [7, 11) is 1.62. The molecule has 6 nitrogen and oxygen atoms in total. The third kappa shape index (κ3) is 5.62. The van der Waals surface area contributed by atoms with Crippen molar-refractivity contribution in [2.24, 2.45) is 0 Å². The van der Waals surface area contributed by atoms with E-state index in [-0.39, 0.29) is 11.7 Å². The van der Waals surface area contributed by atoms with Gasteiger partial charge in [0.1, 0.15) is 5.75 Å². The molecule has 2 aromatic carbocycles. The van der Waals surface area contributed by atoms with Crippen LogP contribution in [-0.4, -0.2) is 33.5 Å². The van der Waals surface area contributed by atoms with Gasteiger partial charge in [-0.25, -0.2) is 0 Å². The molecule has 29 heavy (non-hydrogen) atoms. The van der Waals surface area contributed by atoms with Crippen LogP contribution in [0.4, 0.5) is 0 Å². The molecule has 0 radical (unpaired) electrons. The first-order chi connectivity index (χ1) is 14.1. The van der Waals surface area contributed by atoms with Crippen molar-refractivity contribution in [3.05, 3.63) is 71.8 Å². The van der Waals surface area contributed by atoms with Gasteiger partial charge in [0.05, 0.1) is 12.9 Å². The highest BCUT2D eigenvalue weighted by atomic mass is 35.5. The predicted octanol–water partition coefficient (Wildman–Crippen LogP) is 4.20. The normalized spacial score (nSPS) is 10.6. The number of nitrogens with one attached hydrogen (secondary N) is 1. The summed E-state index contributed by atoms with van der Waals surface area (Å²) in [6.07, 6.45) is 1.78. The number of carbonyl (C=O) groups excluding carboxylic acids is 1. The number of halogens is 1. The molecule has 3 aromatic rings. The molecule has 0 aliphatic heterocycles. The van der Waals surface area contributed by atoms with Crippen LogP contribution >= 0.6 is 23.4 Å². The topological polar surface area (TPSA) is 69.0 Å². The molecule has 1 aromatic heterocycles. The third-order valence-electron chi connectivity index (χ3n) is 4.09. The Morgan fingerprint density at radius 2 is 2.07 bits per heavy atom. The van der Waals surface area contributed by atoms with Crippen molar-refractivity contribution in [3.63, 3.8) is 0 Å². The number of aromatic nitrogens is 3. The highest BCUT2D eigenvalue weighted by Crippen LogP contribution is 2.26. The molecule has 0 atom stereocenters. The summed E-state index contributed by atoms with van der Waals surface area (Å²) in [6.45, 7) is 4.80. The van der Waals surface area contributed by atoms with Crippen LogP contribution in [0.1, 0.15) is 5.56 Å². The van der Waals surface area contributed by atoms with E-state index >= 15 is 0 Å². The van der Waals surface area contributed by atoms with E-state index in [1.165, 1.54) is 11.8 Å². The zero-order valence-corrected chi connectivity index (χ0v) is 17.5. The molecule has 1 N–H and O–H groups in total. The molecule has 1 amide bonds. The van der Waals surface area contributed by atoms with Crippen molar-refractivity contribution in [1.29, 1.82) is 0 Å². The molecule has 3 rings (SSSR count). The largest absolute Gasteiger partial charge is 0.497 e. The number of thioether (sulfide) groups is 1. The van der Waals surface area contributed by atoms with Crippen molar-refractivity contribution in [2.75, 3.05) is 12.9 Å². The molecule has 8 heteroatoms. The van der Waals surface area contributed by atoms with Crippen LogP contribution in [0.25, 0.3) is 11.4 Å². The van der Waals surface area contributed by atoms with Crippen molar-refractivity contribution in [3.8, 4) is 17.1 Å². The van der Waals surface area contributed by atoms with Crippen LogP contribution < -0.4 is 10.1 Å². The molecular formula is C21H21ClN4O2S. The zero-order valence-electron chi connectivity index (χ0n) is 16.0. The Bertz CT molecular complexity index is 989. The van der Waals surface area contributed by atoms with Gasteiger partial charge in [-0.2, -0.15) is 0 Å². The Hall–Kier alpha value is -2.77. The van der Waals surface area contributed by atoms with Crippen molar-refractivity contribution >= 4 is 29.3 Å². The standard InChI is InChI=1S/C21H21ClN4O2S/c1-3-11-26-20(16-5-4-6-18(12-16)28-2)24-25-21(26)29-14-19(27)23-13-15-7-9-17(22)10-8-15/h3-10,12H,1,11,13-14H2,2H3,(H,23,27). The number of allylic oxidation sites excluding steroid dienone is 1. The van der Waals surface area contributed by atoms with Gasteiger partial charge in [0.25, 0.3) is 0 Å². The van der Waals surface area contributed by atoms with Gasteiger partial charge in [-0.15, -0.1) is 16.8 Å². The number of ether oxygens (including phenoxy) is 1. The van der Waals surface area contributed by atoms with Gasteiger partial charge in [-0.05, 0) is 29.8 Å². The highest BCUT2D eigenvalue weighted by Gasteiger charge is 2.15. The first kappa shape index (κ1) is 21.0. The van der Waals surface area contributed by atoms with Gasteiger partial charge < -0.3 is 10.1 Å². The first-order valence-electron chi connectivity index (χ1n) is 8.93. The summed E-state index contributed by atoms with van der Waals surface area (Å²) < 4.78 is 7.22. The van der Waals surface area contributed by atoms with Crippen LogP contribution in [0.2, 0.25) is 5.02 Å². The van der Waals surface area contributed by atoms with Crippen LogP contribution in [0.5, 0.6) is 5.75 Å². The van der Waals surface area contributed by atoms with E-state index < -0.39 is 0 Å². The summed E-state index contributed by atoms with van der Waals surface area (Å²) >= 11 is 7.21. The minimum absolute atomic E-state index is 0.0824. The summed E-state index contributed by atoms with van der Waals surface area (Å²) in [4.78, 5) is 12.2. The molecule has 0 saturated carbocycles. The average molecular weight is 429 g/mol. The van der Waals surface area contributed by atoms with Gasteiger partial charge in [0.15, 0.2) is 11.0 Å². The van der Waals surface area contributed by atoms with E-state index in [1.54, 1.807) is 25.3 Å². The van der Waals surface area contributed by atoms with Crippen LogP contribution in [0.3, 0.4) is 0 Å². The fourth-order valence-corrected chi connectivity index (χ4v) is 3.55. The maximum absolute atomic E-state index is 12.2. The minimum atomic E-state index is -0.0824. The number of hydrogen-bond donors (Lipinski definition) is 1. The summed E-state index contributed by atoms with van der Waals surface area (Å²) in [5, 5.41) is 12.8. The second kappa shape index (κ2) is 10.1. The molecule has 0 saturated heterocycles. The lowest BCUT2D eigenvalue weighted by atomic mass is 10.2. The van der Waals surface area contributed by atoms with E-state index in [0.717, 1.165) is 16.9 Å². The molecule has 150 valence electrons. The van der Waals surface area contributed by atoms with E-state index in [1.807, 2.05) is 41.0 Å². The smallest absolute Gasteiger partial charge is 0.230 e. The van der Waals surface area contributed by atoms with E-state index in [2.05, 4.69) is 22.1 Å². The van der Waals surface area contributed by atoms with Crippen molar-refractivity contribution < 1.29 is 9.53 Å². The molecule has 1 heterocycles.